The van der Waals surface area contributed by atoms with Crippen LogP contribution in [-0.2, 0) is 6.42 Å². The highest BCUT2D eigenvalue weighted by Gasteiger charge is 2.30. The smallest absolute Gasteiger partial charge is 0.253 e. The first-order chi connectivity index (χ1) is 12.7. The Morgan fingerprint density at radius 3 is 2.96 bits per heavy atom. The van der Waals surface area contributed by atoms with Gasteiger partial charge in [0.25, 0.3) is 5.78 Å². The van der Waals surface area contributed by atoms with E-state index in [0.29, 0.717) is 29.3 Å². The Labute approximate surface area is 156 Å². The van der Waals surface area contributed by atoms with Gasteiger partial charge in [-0.1, -0.05) is 36.9 Å². The van der Waals surface area contributed by atoms with Crippen LogP contribution in [0.5, 0.6) is 5.75 Å². The lowest BCUT2D eigenvalue weighted by atomic mass is 9.82. The van der Waals surface area contributed by atoms with Crippen LogP contribution in [0.2, 0.25) is 0 Å². The summed E-state index contributed by atoms with van der Waals surface area (Å²) in [7, 11) is 1.66. The summed E-state index contributed by atoms with van der Waals surface area (Å²) in [6, 6.07) is 7.89. The molecular formula is C19H20N4O2S. The van der Waals surface area contributed by atoms with Gasteiger partial charge in [0.1, 0.15) is 5.75 Å². The molecule has 0 N–H and O–H groups in total. The third-order valence-corrected chi connectivity index (χ3v) is 5.68. The lowest BCUT2D eigenvalue weighted by Crippen LogP contribution is -2.22. The topological polar surface area (TPSA) is 69.4 Å². The zero-order valence-corrected chi connectivity index (χ0v) is 15.6. The van der Waals surface area contributed by atoms with Crippen LogP contribution in [0.3, 0.4) is 0 Å². The fourth-order valence-electron chi connectivity index (χ4n) is 3.41. The zero-order chi connectivity index (χ0) is 18.1. The van der Waals surface area contributed by atoms with E-state index in [1.165, 1.54) is 0 Å². The number of rotatable bonds is 5. The van der Waals surface area contributed by atoms with E-state index in [9.17, 15) is 4.79 Å². The Morgan fingerprint density at radius 1 is 1.31 bits per heavy atom. The van der Waals surface area contributed by atoms with Gasteiger partial charge in [-0.15, -0.1) is 5.10 Å². The molecule has 26 heavy (non-hydrogen) atoms. The quantitative estimate of drug-likeness (QED) is 0.642. The van der Waals surface area contributed by atoms with E-state index in [4.69, 9.17) is 4.74 Å². The van der Waals surface area contributed by atoms with Crippen molar-refractivity contribution in [2.45, 2.75) is 37.3 Å². The van der Waals surface area contributed by atoms with Gasteiger partial charge in [-0.3, -0.25) is 4.79 Å². The van der Waals surface area contributed by atoms with Crippen molar-refractivity contribution < 1.29 is 9.53 Å². The second-order valence-corrected chi connectivity index (χ2v) is 7.41. The molecule has 0 spiro atoms. The number of carbonyl (C=O) groups is 1. The molecule has 0 radical (unpaired) electrons. The minimum absolute atomic E-state index is 0.0627. The van der Waals surface area contributed by atoms with Gasteiger partial charge in [-0.25, -0.2) is 4.98 Å². The van der Waals surface area contributed by atoms with Crippen LogP contribution >= 0.6 is 11.8 Å². The number of para-hydroxylation sites is 1. The van der Waals surface area contributed by atoms with Gasteiger partial charge >= 0.3 is 0 Å². The Kier molecular flexibility index (Phi) is 4.63. The molecule has 0 saturated heterocycles. The van der Waals surface area contributed by atoms with Crippen molar-refractivity contribution in [1.82, 2.24) is 19.6 Å². The number of methoxy groups -OCH3 is 1. The Bertz CT molecular complexity index is 969. The summed E-state index contributed by atoms with van der Waals surface area (Å²) in [6.45, 7) is 2.12. The summed E-state index contributed by atoms with van der Waals surface area (Å²) in [5, 5.41) is 5.30. The highest BCUT2D eigenvalue weighted by atomic mass is 32.2. The van der Waals surface area contributed by atoms with Crippen LogP contribution in [0.4, 0.5) is 0 Å². The molecule has 1 unspecified atom stereocenters. The molecule has 0 bridgehead atoms. The largest absolute Gasteiger partial charge is 0.496 e. The van der Waals surface area contributed by atoms with Crippen LogP contribution in [0.1, 0.15) is 47.3 Å². The van der Waals surface area contributed by atoms with E-state index in [1.54, 1.807) is 29.6 Å². The van der Waals surface area contributed by atoms with Gasteiger partial charge in [0, 0.05) is 24.3 Å². The number of thioether (sulfide) groups is 1. The van der Waals surface area contributed by atoms with Crippen molar-refractivity contribution in [3.05, 3.63) is 47.3 Å². The van der Waals surface area contributed by atoms with Gasteiger partial charge in [-0.05, 0) is 24.5 Å². The van der Waals surface area contributed by atoms with E-state index < -0.39 is 0 Å². The molecular weight excluding hydrogens is 348 g/mol. The molecule has 0 fully saturated rings. The summed E-state index contributed by atoms with van der Waals surface area (Å²) >= 11 is 1.61. The van der Waals surface area contributed by atoms with Crippen molar-refractivity contribution in [1.29, 1.82) is 0 Å². The monoisotopic (exact) mass is 368 g/mol. The van der Waals surface area contributed by atoms with E-state index in [2.05, 4.69) is 22.0 Å². The van der Waals surface area contributed by atoms with Gasteiger partial charge in [0.15, 0.2) is 5.78 Å². The van der Waals surface area contributed by atoms with Crippen molar-refractivity contribution in [2.75, 3.05) is 12.9 Å². The van der Waals surface area contributed by atoms with E-state index in [1.807, 2.05) is 24.3 Å². The number of ketones is 1. The molecule has 1 aliphatic rings. The van der Waals surface area contributed by atoms with Crippen molar-refractivity contribution in [2.24, 2.45) is 0 Å². The second kappa shape index (κ2) is 7.07. The Morgan fingerprint density at radius 2 is 2.15 bits per heavy atom. The summed E-state index contributed by atoms with van der Waals surface area (Å²) in [5.74, 6) is 2.48. The molecule has 0 amide bonds. The molecule has 4 rings (SSSR count). The minimum atomic E-state index is 0.0627. The van der Waals surface area contributed by atoms with E-state index >= 15 is 0 Å². The minimum Gasteiger partial charge on any atom is -0.496 e. The molecule has 1 atom stereocenters. The molecule has 0 saturated carbocycles. The van der Waals surface area contributed by atoms with Crippen molar-refractivity contribution in [3.63, 3.8) is 0 Å². The molecule has 7 heteroatoms. The number of benzene rings is 1. The van der Waals surface area contributed by atoms with Crippen LogP contribution in [-0.4, -0.2) is 38.2 Å². The number of hydrogen-bond donors (Lipinski definition) is 0. The number of nitrogens with zero attached hydrogens (tertiary/aromatic N) is 4. The van der Waals surface area contributed by atoms with E-state index in [0.717, 1.165) is 29.2 Å². The summed E-state index contributed by atoms with van der Waals surface area (Å²) in [4.78, 5) is 21.6. The summed E-state index contributed by atoms with van der Waals surface area (Å²) in [5.41, 5.74) is 2.60. The molecule has 6 nitrogen and oxygen atoms in total. The number of aromatic nitrogens is 4. The lowest BCUT2D eigenvalue weighted by Gasteiger charge is -2.25. The van der Waals surface area contributed by atoms with Crippen LogP contribution in [0.25, 0.3) is 5.78 Å². The maximum atomic E-state index is 12.7. The third-order valence-electron chi connectivity index (χ3n) is 4.63. The van der Waals surface area contributed by atoms with Crippen LogP contribution < -0.4 is 4.74 Å². The first kappa shape index (κ1) is 17.0. The average Bonchev–Trinajstić information content (AvgIpc) is 3.09. The number of fused-ring (bicyclic) bond motifs is 3. The van der Waals surface area contributed by atoms with Gasteiger partial charge in [0.05, 0.1) is 18.4 Å². The lowest BCUT2D eigenvalue weighted by molar-refractivity contribution is 0.0961. The van der Waals surface area contributed by atoms with Gasteiger partial charge < -0.3 is 4.74 Å². The predicted octanol–water partition coefficient (Wildman–Crippen LogP) is 3.55. The number of carbonyl (C=O) groups excluding carboxylic acids is 1. The molecule has 0 aliphatic heterocycles. The molecule has 2 aromatic heterocycles. The third kappa shape index (κ3) is 2.96. The highest BCUT2D eigenvalue weighted by Crippen LogP contribution is 2.36. The number of hydrogen-bond acceptors (Lipinski definition) is 6. The molecule has 2 heterocycles. The SMILES string of the molecule is CCCSc1nc2ncc3c(n2n1)CC(c1ccccc1OC)CC3=O. The van der Waals surface area contributed by atoms with Crippen molar-refractivity contribution >= 4 is 23.3 Å². The standard InChI is InChI=1S/C19H20N4O2S/c1-3-8-26-19-21-18-20-11-14-15(23(18)22-19)9-12(10-16(14)24)13-6-4-5-7-17(13)25-2/h4-7,11-12H,3,8-10H2,1-2H3. The van der Waals surface area contributed by atoms with Crippen LogP contribution in [0.15, 0.2) is 35.6 Å². The predicted molar refractivity (Wildman–Crippen MR) is 100 cm³/mol. The highest BCUT2D eigenvalue weighted by molar-refractivity contribution is 7.99. The fourth-order valence-corrected chi connectivity index (χ4v) is 4.08. The maximum Gasteiger partial charge on any atom is 0.253 e. The zero-order valence-electron chi connectivity index (χ0n) is 14.8. The first-order valence-electron chi connectivity index (χ1n) is 8.74. The molecule has 134 valence electrons. The fraction of sp³-hybridized carbons (Fsp3) is 0.368. The number of Topliss-reactive ketones (excluding diaryl/α,β-unsaturated/α-hetero) is 1. The van der Waals surface area contributed by atoms with Crippen molar-refractivity contribution in [3.8, 4) is 5.75 Å². The second-order valence-electron chi connectivity index (χ2n) is 6.34. The summed E-state index contributed by atoms with van der Waals surface area (Å²) < 4.78 is 7.24. The molecule has 1 aliphatic carbocycles. The van der Waals surface area contributed by atoms with Gasteiger partial charge in [0.2, 0.25) is 5.16 Å². The molecule has 3 aromatic rings. The Balaban J connectivity index is 1.76. The van der Waals surface area contributed by atoms with Gasteiger partial charge in [-0.2, -0.15) is 9.50 Å². The normalized spacial score (nSPS) is 16.7. The molecule has 1 aromatic carbocycles. The maximum absolute atomic E-state index is 12.7. The first-order valence-corrected chi connectivity index (χ1v) is 9.73. The van der Waals surface area contributed by atoms with Crippen LogP contribution in [0, 0.1) is 0 Å². The Hall–Kier alpha value is -2.41. The average molecular weight is 368 g/mol. The van der Waals surface area contributed by atoms with E-state index in [-0.39, 0.29) is 11.7 Å². The summed E-state index contributed by atoms with van der Waals surface area (Å²) in [6.07, 6.45) is 3.86. The number of ether oxygens (including phenoxy) is 1.